The fourth-order valence-electron chi connectivity index (χ4n) is 2.80. The van der Waals surface area contributed by atoms with Crippen LogP contribution >= 0.6 is 24.0 Å². The average Bonchev–Trinajstić information content (AvgIpc) is 2.69. The normalized spacial score (nSPS) is 15.1. The maximum atomic E-state index is 5.69. The molecule has 2 rings (SSSR count). The Balaban J connectivity index is 0.00000364. The van der Waals surface area contributed by atoms with Gasteiger partial charge in [-0.25, -0.2) is 4.99 Å². The summed E-state index contributed by atoms with van der Waals surface area (Å²) in [6.45, 7) is 12.3. The third-order valence-corrected chi connectivity index (χ3v) is 4.18. The summed E-state index contributed by atoms with van der Waals surface area (Å²) in [4.78, 5) is 7.15. The number of nitrogens with zero attached hydrogens (tertiary/aromatic N) is 2. The predicted molar refractivity (Wildman–Crippen MR) is 122 cm³/mol. The third kappa shape index (κ3) is 10.2. The lowest BCUT2D eigenvalue weighted by Crippen LogP contribution is -2.40. The summed E-state index contributed by atoms with van der Waals surface area (Å²) in [7, 11) is 0. The van der Waals surface area contributed by atoms with Crippen molar-refractivity contribution in [2.75, 3.05) is 52.5 Å². The summed E-state index contributed by atoms with van der Waals surface area (Å²) in [5.41, 5.74) is 1.16. The first-order chi connectivity index (χ1) is 12.8. The molecule has 0 unspecified atom stereocenters. The number of morpholine rings is 1. The van der Waals surface area contributed by atoms with Crippen LogP contribution in [0.2, 0.25) is 0 Å². The molecule has 2 N–H and O–H groups in total. The summed E-state index contributed by atoms with van der Waals surface area (Å²) in [5, 5.41) is 6.74. The van der Waals surface area contributed by atoms with Crippen LogP contribution in [0.1, 0.15) is 32.3 Å². The van der Waals surface area contributed by atoms with Crippen molar-refractivity contribution in [1.29, 1.82) is 0 Å². The Kier molecular flexibility index (Phi) is 13.3. The molecule has 1 heterocycles. The number of rotatable bonds is 10. The predicted octanol–water partition coefficient (Wildman–Crippen LogP) is 2.87. The lowest BCUT2D eigenvalue weighted by Gasteiger charge is -2.26. The first kappa shape index (κ1) is 24.0. The van der Waals surface area contributed by atoms with Gasteiger partial charge in [-0.1, -0.05) is 19.1 Å². The second kappa shape index (κ2) is 14.9. The van der Waals surface area contributed by atoms with Crippen LogP contribution in [-0.2, 0) is 11.3 Å². The van der Waals surface area contributed by atoms with Gasteiger partial charge in [-0.05, 0) is 44.0 Å². The fraction of sp³-hybridized carbons (Fsp3) is 0.650. The number of halogens is 1. The van der Waals surface area contributed by atoms with Crippen LogP contribution in [0, 0.1) is 0 Å². The highest BCUT2D eigenvalue weighted by molar-refractivity contribution is 14.0. The maximum absolute atomic E-state index is 5.69. The minimum Gasteiger partial charge on any atom is -0.494 e. The number of nitrogens with one attached hydrogen (secondary N) is 2. The molecule has 1 fully saturated rings. The molecule has 1 aromatic rings. The summed E-state index contributed by atoms with van der Waals surface area (Å²) in [6.07, 6.45) is 2.12. The first-order valence-electron chi connectivity index (χ1n) is 9.85. The molecular formula is C20H35IN4O2. The van der Waals surface area contributed by atoms with Gasteiger partial charge in [0.2, 0.25) is 0 Å². The lowest BCUT2D eigenvalue weighted by atomic mass is 10.2. The quantitative estimate of drug-likeness (QED) is 0.229. The van der Waals surface area contributed by atoms with E-state index in [0.717, 1.165) is 82.7 Å². The zero-order chi connectivity index (χ0) is 18.5. The Morgan fingerprint density at radius 2 is 2.04 bits per heavy atom. The largest absolute Gasteiger partial charge is 0.494 e. The number of ether oxygens (including phenoxy) is 2. The molecule has 0 atom stereocenters. The molecule has 6 nitrogen and oxygen atoms in total. The van der Waals surface area contributed by atoms with Crippen LogP contribution in [0.25, 0.3) is 0 Å². The highest BCUT2D eigenvalue weighted by Crippen LogP contribution is 2.14. The van der Waals surface area contributed by atoms with Crippen molar-refractivity contribution in [3.05, 3.63) is 29.8 Å². The van der Waals surface area contributed by atoms with Crippen molar-refractivity contribution >= 4 is 29.9 Å². The standard InChI is InChI=1S/C20H34N4O2.HI/c1-3-13-26-19-8-5-7-18(16-19)17-23-20(21-4-2)22-9-6-10-24-11-14-25-15-12-24;/h5,7-8,16H,3-4,6,9-15,17H2,1-2H3,(H2,21,22,23);1H. The summed E-state index contributed by atoms with van der Waals surface area (Å²) < 4.78 is 11.1. The molecule has 27 heavy (non-hydrogen) atoms. The molecule has 1 aromatic carbocycles. The number of guanidine groups is 1. The Bertz CT molecular complexity index is 536. The zero-order valence-electron chi connectivity index (χ0n) is 16.7. The van der Waals surface area contributed by atoms with E-state index in [4.69, 9.17) is 14.5 Å². The Morgan fingerprint density at radius 3 is 2.78 bits per heavy atom. The van der Waals surface area contributed by atoms with Crippen molar-refractivity contribution < 1.29 is 9.47 Å². The molecule has 1 aliphatic rings. The van der Waals surface area contributed by atoms with Gasteiger partial charge in [-0.2, -0.15) is 0 Å². The fourth-order valence-corrected chi connectivity index (χ4v) is 2.80. The van der Waals surface area contributed by atoms with Crippen molar-refractivity contribution in [2.45, 2.75) is 33.2 Å². The molecule has 1 saturated heterocycles. The smallest absolute Gasteiger partial charge is 0.191 e. The van der Waals surface area contributed by atoms with E-state index >= 15 is 0 Å². The monoisotopic (exact) mass is 490 g/mol. The van der Waals surface area contributed by atoms with Crippen molar-refractivity contribution in [1.82, 2.24) is 15.5 Å². The number of aliphatic imine (C=N–C) groups is 1. The lowest BCUT2D eigenvalue weighted by molar-refractivity contribution is 0.0376. The zero-order valence-corrected chi connectivity index (χ0v) is 19.0. The van der Waals surface area contributed by atoms with Gasteiger partial charge in [0, 0.05) is 26.2 Å². The molecular weight excluding hydrogens is 455 g/mol. The maximum Gasteiger partial charge on any atom is 0.191 e. The van der Waals surface area contributed by atoms with E-state index in [1.165, 1.54) is 0 Å². The van der Waals surface area contributed by atoms with E-state index in [0.29, 0.717) is 6.54 Å². The van der Waals surface area contributed by atoms with Crippen LogP contribution in [0.4, 0.5) is 0 Å². The van der Waals surface area contributed by atoms with Crippen LogP contribution in [-0.4, -0.2) is 63.4 Å². The molecule has 0 bridgehead atoms. The van der Waals surface area contributed by atoms with E-state index in [2.05, 4.69) is 41.5 Å². The highest BCUT2D eigenvalue weighted by Gasteiger charge is 2.09. The summed E-state index contributed by atoms with van der Waals surface area (Å²) >= 11 is 0. The minimum absolute atomic E-state index is 0. The third-order valence-electron chi connectivity index (χ3n) is 4.18. The second-order valence-electron chi connectivity index (χ2n) is 6.43. The van der Waals surface area contributed by atoms with Crippen molar-refractivity contribution in [3.63, 3.8) is 0 Å². The summed E-state index contributed by atoms with van der Waals surface area (Å²) in [6, 6.07) is 8.18. The van der Waals surface area contributed by atoms with Gasteiger partial charge >= 0.3 is 0 Å². The molecule has 0 aromatic heterocycles. The molecule has 7 heteroatoms. The molecule has 0 saturated carbocycles. The second-order valence-corrected chi connectivity index (χ2v) is 6.43. The minimum atomic E-state index is 0. The van der Waals surface area contributed by atoms with Gasteiger partial charge in [-0.3, -0.25) is 4.90 Å². The van der Waals surface area contributed by atoms with Gasteiger partial charge in [0.25, 0.3) is 0 Å². The molecule has 0 spiro atoms. The number of hydrogen-bond donors (Lipinski definition) is 2. The molecule has 0 radical (unpaired) electrons. The van der Waals surface area contributed by atoms with Gasteiger partial charge in [0.05, 0.1) is 26.4 Å². The van der Waals surface area contributed by atoms with Crippen LogP contribution in [0.5, 0.6) is 5.75 Å². The van der Waals surface area contributed by atoms with Gasteiger partial charge in [0.15, 0.2) is 5.96 Å². The number of benzene rings is 1. The van der Waals surface area contributed by atoms with E-state index in [1.54, 1.807) is 0 Å². The van der Waals surface area contributed by atoms with E-state index < -0.39 is 0 Å². The SMILES string of the molecule is CCCOc1cccc(CN=C(NCC)NCCCN2CCOCC2)c1.I. The molecule has 0 amide bonds. The Morgan fingerprint density at radius 1 is 1.22 bits per heavy atom. The van der Waals surface area contributed by atoms with E-state index in [-0.39, 0.29) is 24.0 Å². The van der Waals surface area contributed by atoms with E-state index in [9.17, 15) is 0 Å². The van der Waals surface area contributed by atoms with Crippen LogP contribution in [0.3, 0.4) is 0 Å². The van der Waals surface area contributed by atoms with Crippen molar-refractivity contribution in [3.8, 4) is 5.75 Å². The van der Waals surface area contributed by atoms with Gasteiger partial charge in [0.1, 0.15) is 5.75 Å². The Labute approximate surface area is 181 Å². The highest BCUT2D eigenvalue weighted by atomic mass is 127. The number of hydrogen-bond acceptors (Lipinski definition) is 4. The van der Waals surface area contributed by atoms with E-state index in [1.807, 2.05) is 12.1 Å². The summed E-state index contributed by atoms with van der Waals surface area (Å²) in [5.74, 6) is 1.79. The van der Waals surface area contributed by atoms with Crippen LogP contribution in [0.15, 0.2) is 29.3 Å². The molecule has 154 valence electrons. The Hall–Kier alpha value is -1.06. The molecule has 0 aliphatic carbocycles. The van der Waals surface area contributed by atoms with Crippen LogP contribution < -0.4 is 15.4 Å². The first-order valence-corrected chi connectivity index (χ1v) is 9.85. The average molecular weight is 490 g/mol. The topological polar surface area (TPSA) is 58.1 Å². The van der Waals surface area contributed by atoms with Gasteiger partial charge in [-0.15, -0.1) is 24.0 Å². The van der Waals surface area contributed by atoms with Gasteiger partial charge < -0.3 is 20.1 Å². The van der Waals surface area contributed by atoms with Crippen molar-refractivity contribution in [2.24, 2.45) is 4.99 Å². The molecule has 1 aliphatic heterocycles.